The monoisotopic (exact) mass is 231 g/mol. The predicted octanol–water partition coefficient (Wildman–Crippen LogP) is 1.29. The average molecular weight is 231 g/mol. The molecule has 1 heterocycles. The lowest BCUT2D eigenvalue weighted by Crippen LogP contribution is -2.34. The molecule has 4 nitrogen and oxygen atoms in total. The Labute approximate surface area is 97.9 Å². The second kappa shape index (κ2) is 4.26. The van der Waals surface area contributed by atoms with Crippen LogP contribution in [0.5, 0.6) is 0 Å². The number of urea groups is 1. The summed E-state index contributed by atoms with van der Waals surface area (Å²) in [6.07, 6.45) is 5.16. The third-order valence-corrected chi connectivity index (χ3v) is 2.52. The van der Waals surface area contributed by atoms with Gasteiger partial charge in [0.1, 0.15) is 17.7 Å². The molecule has 0 aromatic heterocycles. The first-order valence-corrected chi connectivity index (χ1v) is 4.97. The average Bonchev–Trinajstić information content (AvgIpc) is 2.56. The van der Waals surface area contributed by atoms with Crippen LogP contribution in [0.2, 0.25) is 0 Å². The van der Waals surface area contributed by atoms with Gasteiger partial charge in [-0.2, -0.15) is 4.99 Å². The molecular formula is C12H10FN3O. The van der Waals surface area contributed by atoms with Gasteiger partial charge in [0.2, 0.25) is 0 Å². The summed E-state index contributed by atoms with van der Waals surface area (Å²) in [5, 5.41) is 0. The largest absolute Gasteiger partial charge is 0.385 e. The van der Waals surface area contributed by atoms with Crippen LogP contribution in [-0.4, -0.2) is 23.3 Å². The van der Waals surface area contributed by atoms with E-state index in [1.807, 2.05) is 0 Å². The molecule has 1 aromatic rings. The molecule has 0 bridgehead atoms. The Kier molecular flexibility index (Phi) is 2.79. The van der Waals surface area contributed by atoms with Crippen molar-refractivity contribution in [3.05, 3.63) is 35.6 Å². The summed E-state index contributed by atoms with van der Waals surface area (Å²) in [5.74, 6) is 1.96. The minimum absolute atomic E-state index is 0.0437. The number of aliphatic imine (C=N–C) groups is 1. The van der Waals surface area contributed by atoms with Gasteiger partial charge in [0.15, 0.2) is 0 Å². The lowest BCUT2D eigenvalue weighted by molar-refractivity contribution is 0.213. The summed E-state index contributed by atoms with van der Waals surface area (Å²) < 4.78 is 13.7. The Morgan fingerprint density at radius 1 is 1.53 bits per heavy atom. The van der Waals surface area contributed by atoms with E-state index in [1.165, 1.54) is 11.0 Å². The maximum absolute atomic E-state index is 13.7. The first-order chi connectivity index (χ1) is 8.15. The topological polar surface area (TPSA) is 58.7 Å². The summed E-state index contributed by atoms with van der Waals surface area (Å²) in [6.45, 7) is 0.0437. The minimum atomic E-state index is -0.709. The van der Waals surface area contributed by atoms with Crippen LogP contribution in [0.3, 0.4) is 0 Å². The predicted molar refractivity (Wildman–Crippen MR) is 61.7 cm³/mol. The Balaban J connectivity index is 2.43. The Morgan fingerprint density at radius 2 is 2.24 bits per heavy atom. The Hall–Kier alpha value is -2.35. The first kappa shape index (κ1) is 11.1. The van der Waals surface area contributed by atoms with Crippen molar-refractivity contribution in [3.8, 4) is 12.3 Å². The zero-order chi connectivity index (χ0) is 12.4. The van der Waals surface area contributed by atoms with E-state index < -0.39 is 17.9 Å². The summed E-state index contributed by atoms with van der Waals surface area (Å²) in [7, 11) is 0. The molecule has 1 aliphatic rings. The van der Waals surface area contributed by atoms with Crippen LogP contribution >= 0.6 is 0 Å². The molecule has 1 aliphatic heterocycles. The van der Waals surface area contributed by atoms with Gasteiger partial charge in [0.05, 0.1) is 6.54 Å². The van der Waals surface area contributed by atoms with Crippen molar-refractivity contribution in [2.24, 2.45) is 10.7 Å². The lowest BCUT2D eigenvalue weighted by atomic mass is 10.0. The van der Waals surface area contributed by atoms with Crippen LogP contribution in [0.4, 0.5) is 9.18 Å². The van der Waals surface area contributed by atoms with Gasteiger partial charge in [-0.1, -0.05) is 24.1 Å². The van der Waals surface area contributed by atoms with E-state index in [0.717, 1.165) is 0 Å². The molecule has 1 unspecified atom stereocenters. The standard InChI is InChI=1S/C12H10FN3O/c1-2-7-16-10(11(14)15-12(16)17)8-5-3-4-6-9(8)13/h1,3-6,10H,7H2,(H2,14,15,17). The second-order valence-corrected chi connectivity index (χ2v) is 3.58. The number of benzene rings is 1. The number of hydrogen-bond donors (Lipinski definition) is 1. The van der Waals surface area contributed by atoms with E-state index >= 15 is 0 Å². The third kappa shape index (κ3) is 1.85. The number of terminal acetylenes is 1. The van der Waals surface area contributed by atoms with Crippen LogP contribution in [0.1, 0.15) is 11.6 Å². The van der Waals surface area contributed by atoms with Gasteiger partial charge >= 0.3 is 6.03 Å². The molecule has 0 fully saturated rings. The van der Waals surface area contributed by atoms with Gasteiger partial charge in [-0.15, -0.1) is 6.42 Å². The molecule has 0 radical (unpaired) electrons. The highest BCUT2D eigenvalue weighted by atomic mass is 19.1. The van der Waals surface area contributed by atoms with Crippen LogP contribution in [0, 0.1) is 18.2 Å². The molecule has 5 heteroatoms. The van der Waals surface area contributed by atoms with Gasteiger partial charge in [-0.05, 0) is 6.07 Å². The summed E-state index contributed by atoms with van der Waals surface area (Å²) in [6, 6.07) is 4.86. The fraction of sp³-hybridized carbons (Fsp3) is 0.167. The number of halogens is 1. The second-order valence-electron chi connectivity index (χ2n) is 3.58. The van der Waals surface area contributed by atoms with Crippen molar-refractivity contribution in [2.75, 3.05) is 6.54 Å². The SMILES string of the molecule is C#CCN1C(=O)N=C(N)C1c1ccccc1F. The number of carbonyl (C=O) groups excluding carboxylic acids is 1. The minimum Gasteiger partial charge on any atom is -0.385 e. The fourth-order valence-corrected chi connectivity index (χ4v) is 1.79. The normalized spacial score (nSPS) is 19.1. The van der Waals surface area contributed by atoms with Gasteiger partial charge in [-0.25, -0.2) is 9.18 Å². The zero-order valence-corrected chi connectivity index (χ0v) is 8.93. The summed E-state index contributed by atoms with van der Waals surface area (Å²) in [5.41, 5.74) is 5.94. The quantitative estimate of drug-likeness (QED) is 0.780. The van der Waals surface area contributed by atoms with E-state index in [1.54, 1.807) is 18.2 Å². The molecule has 2 rings (SSSR count). The first-order valence-electron chi connectivity index (χ1n) is 4.97. The number of nitrogens with two attached hydrogens (primary N) is 1. The fourth-order valence-electron chi connectivity index (χ4n) is 1.79. The van der Waals surface area contributed by atoms with E-state index in [-0.39, 0.29) is 12.4 Å². The molecule has 0 saturated heterocycles. The molecule has 1 aromatic carbocycles. The number of amides is 2. The van der Waals surface area contributed by atoms with Gasteiger partial charge in [-0.3, -0.25) is 4.90 Å². The summed E-state index contributed by atoms with van der Waals surface area (Å²) in [4.78, 5) is 16.4. The maximum atomic E-state index is 13.7. The van der Waals surface area contributed by atoms with Crippen LogP contribution in [0.15, 0.2) is 29.3 Å². The van der Waals surface area contributed by atoms with Crippen molar-refractivity contribution >= 4 is 11.9 Å². The third-order valence-electron chi connectivity index (χ3n) is 2.52. The van der Waals surface area contributed by atoms with Crippen LogP contribution in [0.25, 0.3) is 0 Å². The van der Waals surface area contributed by atoms with E-state index in [4.69, 9.17) is 12.2 Å². The molecular weight excluding hydrogens is 221 g/mol. The smallest absolute Gasteiger partial charge is 0.346 e. The molecule has 17 heavy (non-hydrogen) atoms. The zero-order valence-electron chi connectivity index (χ0n) is 8.93. The highest BCUT2D eigenvalue weighted by molar-refractivity contribution is 6.03. The molecule has 2 N–H and O–H groups in total. The van der Waals surface area contributed by atoms with Gasteiger partial charge in [0.25, 0.3) is 0 Å². The molecule has 0 aliphatic carbocycles. The molecule has 0 saturated carbocycles. The molecule has 86 valence electrons. The molecule has 0 spiro atoms. The highest BCUT2D eigenvalue weighted by Gasteiger charge is 2.35. The Bertz CT molecular complexity index is 533. The number of amidine groups is 1. The van der Waals surface area contributed by atoms with Crippen molar-refractivity contribution in [1.29, 1.82) is 0 Å². The molecule has 1 atom stereocenters. The van der Waals surface area contributed by atoms with E-state index in [0.29, 0.717) is 5.56 Å². The van der Waals surface area contributed by atoms with Crippen molar-refractivity contribution in [3.63, 3.8) is 0 Å². The van der Waals surface area contributed by atoms with Crippen molar-refractivity contribution in [2.45, 2.75) is 6.04 Å². The lowest BCUT2D eigenvalue weighted by Gasteiger charge is -2.22. The van der Waals surface area contributed by atoms with Crippen LogP contribution in [-0.2, 0) is 0 Å². The molecule has 2 amide bonds. The van der Waals surface area contributed by atoms with Crippen molar-refractivity contribution < 1.29 is 9.18 Å². The number of nitrogens with zero attached hydrogens (tertiary/aromatic N) is 2. The van der Waals surface area contributed by atoms with Gasteiger partial charge in [0, 0.05) is 5.56 Å². The number of hydrogen-bond acceptors (Lipinski definition) is 2. The highest BCUT2D eigenvalue weighted by Crippen LogP contribution is 2.28. The maximum Gasteiger partial charge on any atom is 0.346 e. The van der Waals surface area contributed by atoms with Gasteiger partial charge < -0.3 is 5.73 Å². The van der Waals surface area contributed by atoms with Crippen molar-refractivity contribution in [1.82, 2.24) is 4.90 Å². The number of rotatable bonds is 2. The number of carbonyl (C=O) groups is 1. The van der Waals surface area contributed by atoms with E-state index in [9.17, 15) is 9.18 Å². The Morgan fingerprint density at radius 3 is 2.88 bits per heavy atom. The van der Waals surface area contributed by atoms with Crippen LogP contribution < -0.4 is 5.73 Å². The van der Waals surface area contributed by atoms with E-state index in [2.05, 4.69) is 10.9 Å². The summed E-state index contributed by atoms with van der Waals surface area (Å²) >= 11 is 0.